The number of benzene rings is 1. The van der Waals surface area contributed by atoms with Crippen molar-refractivity contribution in [1.29, 1.82) is 0 Å². The molecule has 1 unspecified atom stereocenters. The molecule has 1 aliphatic rings. The first-order valence-electron chi connectivity index (χ1n) is 7.98. The molecule has 2 heterocycles. The molecule has 25 heavy (non-hydrogen) atoms. The second kappa shape index (κ2) is 6.36. The quantitative estimate of drug-likeness (QED) is 0.817. The number of hydrogen-bond donors (Lipinski definition) is 2. The highest BCUT2D eigenvalue weighted by atomic mass is 32.2. The van der Waals surface area contributed by atoms with Crippen LogP contribution in [0.15, 0.2) is 40.0 Å². The first-order chi connectivity index (χ1) is 11.6. The highest BCUT2D eigenvalue weighted by Crippen LogP contribution is 2.26. The molecule has 2 aromatic rings. The van der Waals surface area contributed by atoms with Gasteiger partial charge in [-0.15, -0.1) is 0 Å². The Balaban J connectivity index is 1.76. The van der Waals surface area contributed by atoms with Crippen molar-refractivity contribution < 1.29 is 13.5 Å². The molecule has 0 aliphatic carbocycles. The van der Waals surface area contributed by atoms with E-state index >= 15 is 0 Å². The first-order valence-corrected chi connectivity index (χ1v) is 9.87. The summed E-state index contributed by atoms with van der Waals surface area (Å²) >= 11 is 0. The lowest BCUT2D eigenvalue weighted by molar-refractivity contribution is 0.0114. The molecular formula is C17H21N3O4S. The fourth-order valence-electron chi connectivity index (χ4n) is 3.13. The average Bonchev–Trinajstić information content (AvgIpc) is 2.53. The van der Waals surface area contributed by atoms with Crippen molar-refractivity contribution >= 4 is 9.84 Å². The van der Waals surface area contributed by atoms with Crippen molar-refractivity contribution in [3.63, 3.8) is 0 Å². The Kier molecular flexibility index (Phi) is 4.52. The predicted molar refractivity (Wildman–Crippen MR) is 93.0 cm³/mol. The fourth-order valence-corrected chi connectivity index (χ4v) is 3.76. The number of nitrogens with zero attached hydrogens (tertiary/aromatic N) is 2. The predicted octanol–water partition coefficient (Wildman–Crippen LogP) is 0.439. The number of hydrogen-bond acceptors (Lipinski definition) is 6. The zero-order valence-corrected chi connectivity index (χ0v) is 15.0. The zero-order chi connectivity index (χ0) is 18.2. The second-order valence-corrected chi connectivity index (χ2v) is 8.75. The van der Waals surface area contributed by atoms with Crippen LogP contribution in [0.3, 0.4) is 0 Å². The normalized spacial score (nSPS) is 17.7. The summed E-state index contributed by atoms with van der Waals surface area (Å²) in [6.07, 6.45) is 1.86. The van der Waals surface area contributed by atoms with Crippen LogP contribution in [0.4, 0.5) is 0 Å². The molecule has 1 aromatic carbocycles. The number of aliphatic hydroxyl groups is 1. The van der Waals surface area contributed by atoms with Crippen LogP contribution in [0.5, 0.6) is 0 Å². The van der Waals surface area contributed by atoms with Gasteiger partial charge >= 0.3 is 0 Å². The summed E-state index contributed by atoms with van der Waals surface area (Å²) in [7, 11) is -3.26. The Bertz CT molecular complexity index is 933. The average molecular weight is 363 g/mol. The van der Waals surface area contributed by atoms with Gasteiger partial charge in [-0.05, 0) is 30.2 Å². The van der Waals surface area contributed by atoms with E-state index in [1.54, 1.807) is 25.1 Å². The molecule has 0 spiro atoms. The van der Waals surface area contributed by atoms with Crippen molar-refractivity contribution in [2.24, 2.45) is 0 Å². The van der Waals surface area contributed by atoms with Crippen molar-refractivity contribution in [2.45, 2.75) is 30.4 Å². The number of nitrogens with one attached hydrogen (secondary N) is 1. The van der Waals surface area contributed by atoms with E-state index in [2.05, 4.69) is 15.1 Å². The van der Waals surface area contributed by atoms with E-state index < -0.39 is 15.4 Å². The van der Waals surface area contributed by atoms with E-state index in [4.69, 9.17) is 0 Å². The van der Waals surface area contributed by atoms with Crippen LogP contribution in [0.25, 0.3) is 0 Å². The molecular weight excluding hydrogens is 342 g/mol. The smallest absolute Gasteiger partial charge is 0.264 e. The molecule has 8 heteroatoms. The molecule has 0 radical (unpaired) electrons. The van der Waals surface area contributed by atoms with Crippen LogP contribution in [-0.4, -0.2) is 48.0 Å². The molecule has 7 nitrogen and oxygen atoms in total. The van der Waals surface area contributed by atoms with Gasteiger partial charge in [-0.3, -0.25) is 9.69 Å². The highest BCUT2D eigenvalue weighted by Gasteiger charge is 2.29. The Morgan fingerprint density at radius 1 is 1.32 bits per heavy atom. The lowest BCUT2D eigenvalue weighted by Gasteiger charge is -2.34. The van der Waals surface area contributed by atoms with Gasteiger partial charge in [-0.1, -0.05) is 12.1 Å². The number of aromatic amines is 1. The van der Waals surface area contributed by atoms with Gasteiger partial charge in [-0.25, -0.2) is 13.5 Å². The van der Waals surface area contributed by atoms with Crippen molar-refractivity contribution in [2.75, 3.05) is 19.3 Å². The molecule has 0 fully saturated rings. The number of aromatic nitrogens is 2. The van der Waals surface area contributed by atoms with Gasteiger partial charge in [0.25, 0.3) is 5.56 Å². The topological polar surface area (TPSA) is 103 Å². The minimum Gasteiger partial charge on any atom is -0.384 e. The van der Waals surface area contributed by atoms with E-state index in [1.807, 2.05) is 0 Å². The van der Waals surface area contributed by atoms with Crippen LogP contribution < -0.4 is 5.56 Å². The third-order valence-electron chi connectivity index (χ3n) is 4.47. The molecule has 2 N–H and O–H groups in total. The zero-order valence-electron chi connectivity index (χ0n) is 14.2. The molecule has 0 amide bonds. The molecule has 0 bridgehead atoms. The first kappa shape index (κ1) is 17.8. The standard InChI is InChI=1S/C17H21N3O4S/c1-17(22,13-3-5-14(6-4-13)25(2,23)24)11-20-8-7-15-12(10-20)9-16(21)19-18-15/h3-6,9,22H,7-8,10-11H2,1-2H3,(H,19,21). The molecule has 0 saturated carbocycles. The maximum atomic E-state index is 11.6. The molecule has 1 atom stereocenters. The third kappa shape index (κ3) is 3.97. The van der Waals surface area contributed by atoms with Gasteiger partial charge in [-0.2, -0.15) is 5.10 Å². The van der Waals surface area contributed by atoms with E-state index in [-0.39, 0.29) is 10.5 Å². The lowest BCUT2D eigenvalue weighted by Crippen LogP contribution is -2.42. The van der Waals surface area contributed by atoms with E-state index in [9.17, 15) is 18.3 Å². The minimum atomic E-state index is -3.26. The van der Waals surface area contributed by atoms with Gasteiger partial charge in [0.15, 0.2) is 9.84 Å². The summed E-state index contributed by atoms with van der Waals surface area (Å²) < 4.78 is 23.1. The van der Waals surface area contributed by atoms with Gasteiger partial charge < -0.3 is 5.11 Å². The summed E-state index contributed by atoms with van der Waals surface area (Å²) in [4.78, 5) is 13.7. The number of H-pyrrole nitrogens is 1. The number of rotatable bonds is 4. The van der Waals surface area contributed by atoms with Gasteiger partial charge in [0, 0.05) is 38.4 Å². The van der Waals surface area contributed by atoms with Gasteiger partial charge in [0.1, 0.15) is 0 Å². The number of sulfone groups is 1. The summed E-state index contributed by atoms with van der Waals surface area (Å²) in [5.41, 5.74) is 1.03. The molecule has 0 saturated heterocycles. The lowest BCUT2D eigenvalue weighted by atomic mass is 9.94. The number of fused-ring (bicyclic) bond motifs is 1. The van der Waals surface area contributed by atoms with E-state index in [0.29, 0.717) is 25.1 Å². The van der Waals surface area contributed by atoms with E-state index in [1.165, 1.54) is 12.1 Å². The Labute approximate surface area is 146 Å². The van der Waals surface area contributed by atoms with Gasteiger partial charge in [0.2, 0.25) is 0 Å². The molecule has 1 aromatic heterocycles. The van der Waals surface area contributed by atoms with Crippen LogP contribution >= 0.6 is 0 Å². The monoisotopic (exact) mass is 363 g/mol. The minimum absolute atomic E-state index is 0.226. The maximum absolute atomic E-state index is 11.6. The van der Waals surface area contributed by atoms with E-state index in [0.717, 1.165) is 24.1 Å². The summed E-state index contributed by atoms with van der Waals surface area (Å²) in [6.45, 7) is 3.35. The molecule has 1 aliphatic heterocycles. The number of β-amino-alcohol motifs (C(OH)–C–C–N with tert-alkyl or cyclic N) is 1. The van der Waals surface area contributed by atoms with Crippen molar-refractivity contribution in [3.8, 4) is 0 Å². The molecule has 134 valence electrons. The highest BCUT2D eigenvalue weighted by molar-refractivity contribution is 7.90. The third-order valence-corrected chi connectivity index (χ3v) is 5.60. The fraction of sp³-hybridized carbons (Fsp3) is 0.412. The Hall–Kier alpha value is -2.03. The molecule has 3 rings (SSSR count). The van der Waals surface area contributed by atoms with Crippen LogP contribution in [0.1, 0.15) is 23.7 Å². The van der Waals surface area contributed by atoms with Gasteiger partial charge in [0.05, 0.1) is 16.2 Å². The second-order valence-electron chi connectivity index (χ2n) is 6.74. The Morgan fingerprint density at radius 2 is 2.00 bits per heavy atom. The van der Waals surface area contributed by atoms with Crippen LogP contribution in [0, 0.1) is 0 Å². The van der Waals surface area contributed by atoms with Crippen LogP contribution in [0.2, 0.25) is 0 Å². The SMILES string of the molecule is CC(O)(CN1CCc2n[nH]c(=O)cc2C1)c1ccc(S(C)(=O)=O)cc1. The summed E-state index contributed by atoms with van der Waals surface area (Å²) in [5, 5.41) is 17.4. The van der Waals surface area contributed by atoms with Crippen LogP contribution in [-0.2, 0) is 28.4 Å². The largest absolute Gasteiger partial charge is 0.384 e. The maximum Gasteiger partial charge on any atom is 0.264 e. The van der Waals surface area contributed by atoms with Crippen molar-refractivity contribution in [3.05, 3.63) is 57.5 Å². The van der Waals surface area contributed by atoms with Crippen molar-refractivity contribution in [1.82, 2.24) is 15.1 Å². The summed E-state index contributed by atoms with van der Waals surface area (Å²) in [6, 6.07) is 7.84. The Morgan fingerprint density at radius 3 is 2.64 bits per heavy atom. The summed E-state index contributed by atoms with van der Waals surface area (Å²) in [5.74, 6) is 0.